The van der Waals surface area contributed by atoms with E-state index >= 15 is 0 Å². The molecule has 6 nitrogen and oxygen atoms in total. The van der Waals surface area contributed by atoms with E-state index < -0.39 is 12.0 Å². The van der Waals surface area contributed by atoms with Crippen molar-refractivity contribution in [3.8, 4) is 0 Å². The van der Waals surface area contributed by atoms with Crippen LogP contribution < -0.4 is 5.32 Å². The molecule has 1 rings (SSSR count). The zero-order chi connectivity index (χ0) is 13.9. The molecular weight excluding hydrogens is 234 g/mol. The summed E-state index contributed by atoms with van der Waals surface area (Å²) in [6.07, 6.45) is 1.49. The average Bonchev–Trinajstić information content (AvgIpc) is 2.65. The van der Waals surface area contributed by atoms with Crippen LogP contribution in [0.15, 0.2) is 6.20 Å². The molecule has 0 aromatic carbocycles. The van der Waals surface area contributed by atoms with Crippen LogP contribution in [0.2, 0.25) is 0 Å². The van der Waals surface area contributed by atoms with Crippen molar-refractivity contribution in [3.63, 3.8) is 0 Å². The lowest BCUT2D eigenvalue weighted by molar-refractivity contribution is -0.144. The lowest BCUT2D eigenvalue weighted by atomic mass is 10.0. The van der Waals surface area contributed by atoms with Crippen LogP contribution in [0.3, 0.4) is 0 Å². The van der Waals surface area contributed by atoms with Gasteiger partial charge in [-0.25, -0.2) is 4.79 Å². The Balaban J connectivity index is 2.85. The van der Waals surface area contributed by atoms with E-state index in [1.54, 1.807) is 18.7 Å². The minimum atomic E-state index is -0.651. The fraction of sp³-hybridized carbons (Fsp3) is 0.583. The summed E-state index contributed by atoms with van der Waals surface area (Å²) in [7, 11) is 3.06. The van der Waals surface area contributed by atoms with E-state index in [0.717, 1.165) is 5.69 Å². The number of nitrogens with zero attached hydrogens (tertiary/aromatic N) is 2. The van der Waals surface area contributed by atoms with Crippen molar-refractivity contribution in [3.05, 3.63) is 17.5 Å². The Morgan fingerprint density at radius 2 is 2.06 bits per heavy atom. The first-order valence-corrected chi connectivity index (χ1v) is 5.75. The van der Waals surface area contributed by atoms with Gasteiger partial charge in [0.2, 0.25) is 0 Å². The summed E-state index contributed by atoms with van der Waals surface area (Å²) in [5.74, 6) is -0.803. The van der Waals surface area contributed by atoms with Gasteiger partial charge in [0, 0.05) is 12.7 Å². The van der Waals surface area contributed by atoms with E-state index in [9.17, 15) is 9.59 Å². The van der Waals surface area contributed by atoms with Gasteiger partial charge in [-0.05, 0) is 12.8 Å². The number of hydrogen-bond acceptors (Lipinski definition) is 4. The van der Waals surface area contributed by atoms with Crippen LogP contribution >= 0.6 is 0 Å². The molecule has 1 aromatic rings. The zero-order valence-corrected chi connectivity index (χ0v) is 11.4. The van der Waals surface area contributed by atoms with Gasteiger partial charge in [-0.2, -0.15) is 5.10 Å². The van der Waals surface area contributed by atoms with Gasteiger partial charge in [0.05, 0.1) is 18.9 Å². The van der Waals surface area contributed by atoms with Crippen LogP contribution in [0.4, 0.5) is 0 Å². The number of esters is 1. The van der Waals surface area contributed by atoms with Crippen molar-refractivity contribution in [2.24, 2.45) is 13.0 Å². The Morgan fingerprint density at radius 3 is 2.44 bits per heavy atom. The van der Waals surface area contributed by atoms with E-state index in [4.69, 9.17) is 0 Å². The molecule has 0 bridgehead atoms. The van der Waals surface area contributed by atoms with E-state index in [-0.39, 0.29) is 11.8 Å². The molecule has 1 heterocycles. The number of methoxy groups -OCH3 is 1. The largest absolute Gasteiger partial charge is 0.467 e. The second-order valence-electron chi connectivity index (χ2n) is 4.49. The van der Waals surface area contributed by atoms with Crippen LogP contribution in [0.25, 0.3) is 0 Å². The van der Waals surface area contributed by atoms with Crippen molar-refractivity contribution in [2.45, 2.75) is 26.8 Å². The van der Waals surface area contributed by atoms with Gasteiger partial charge in [-0.1, -0.05) is 13.8 Å². The molecule has 6 heteroatoms. The predicted molar refractivity (Wildman–Crippen MR) is 66.1 cm³/mol. The van der Waals surface area contributed by atoms with Crippen LogP contribution in [0.5, 0.6) is 0 Å². The van der Waals surface area contributed by atoms with E-state index in [2.05, 4.69) is 15.2 Å². The number of nitrogens with one attached hydrogen (secondary N) is 1. The fourth-order valence-electron chi connectivity index (χ4n) is 1.57. The molecule has 0 aliphatic heterocycles. The number of amides is 1. The highest BCUT2D eigenvalue weighted by molar-refractivity contribution is 5.97. The molecule has 0 spiro atoms. The second-order valence-corrected chi connectivity index (χ2v) is 4.49. The molecule has 0 aliphatic carbocycles. The highest BCUT2D eigenvalue weighted by atomic mass is 16.5. The summed E-state index contributed by atoms with van der Waals surface area (Å²) < 4.78 is 6.28. The molecule has 0 saturated heterocycles. The normalized spacial score (nSPS) is 12.3. The Morgan fingerprint density at radius 1 is 1.44 bits per heavy atom. The molecule has 1 N–H and O–H groups in total. The number of ether oxygens (including phenoxy) is 1. The molecule has 0 fully saturated rings. The van der Waals surface area contributed by atoms with Crippen LogP contribution in [-0.4, -0.2) is 34.8 Å². The predicted octanol–water partition coefficient (Wildman–Crippen LogP) is 0.656. The fourth-order valence-corrected chi connectivity index (χ4v) is 1.57. The third-order valence-electron chi connectivity index (χ3n) is 2.89. The maximum atomic E-state index is 12.0. The molecule has 1 atom stereocenters. The van der Waals surface area contributed by atoms with E-state index in [0.29, 0.717) is 5.56 Å². The second kappa shape index (κ2) is 5.66. The van der Waals surface area contributed by atoms with Crippen molar-refractivity contribution >= 4 is 11.9 Å². The van der Waals surface area contributed by atoms with Gasteiger partial charge in [-0.3, -0.25) is 9.48 Å². The summed E-state index contributed by atoms with van der Waals surface area (Å²) in [5.41, 5.74) is 1.21. The van der Waals surface area contributed by atoms with Crippen molar-refractivity contribution in [1.82, 2.24) is 15.1 Å². The molecule has 18 heavy (non-hydrogen) atoms. The summed E-state index contributed by atoms with van der Waals surface area (Å²) >= 11 is 0. The number of carbonyl (C=O) groups excluding carboxylic acids is 2. The van der Waals surface area contributed by atoms with Gasteiger partial charge in [0.15, 0.2) is 0 Å². The van der Waals surface area contributed by atoms with Gasteiger partial charge < -0.3 is 10.1 Å². The minimum Gasteiger partial charge on any atom is -0.467 e. The molecular formula is C12H19N3O3. The summed E-state index contributed by atoms with van der Waals surface area (Å²) in [5, 5.41) is 6.66. The highest BCUT2D eigenvalue weighted by Gasteiger charge is 2.26. The number of aromatic nitrogens is 2. The summed E-state index contributed by atoms with van der Waals surface area (Å²) in [4.78, 5) is 23.6. The van der Waals surface area contributed by atoms with Crippen LogP contribution in [-0.2, 0) is 16.6 Å². The van der Waals surface area contributed by atoms with E-state index in [1.165, 1.54) is 13.3 Å². The van der Waals surface area contributed by atoms with Gasteiger partial charge in [0.25, 0.3) is 5.91 Å². The van der Waals surface area contributed by atoms with Crippen LogP contribution in [0, 0.1) is 12.8 Å². The smallest absolute Gasteiger partial charge is 0.328 e. The standard InChI is InChI=1S/C12H19N3O3/c1-7(2)10(12(17)18-5)14-11(16)9-6-13-15(4)8(9)3/h6-7,10H,1-5H3,(H,14,16)/t10-/m0/s1. The first-order valence-electron chi connectivity index (χ1n) is 5.75. The first kappa shape index (κ1) is 14.2. The van der Waals surface area contributed by atoms with Crippen molar-refractivity contribution in [2.75, 3.05) is 7.11 Å². The Labute approximate surface area is 106 Å². The number of hydrogen-bond donors (Lipinski definition) is 1. The third kappa shape index (κ3) is 2.88. The summed E-state index contributed by atoms with van der Waals surface area (Å²) in [6, 6.07) is -0.651. The number of aryl methyl sites for hydroxylation is 1. The number of carbonyl (C=O) groups is 2. The van der Waals surface area contributed by atoms with Gasteiger partial charge >= 0.3 is 5.97 Å². The van der Waals surface area contributed by atoms with Gasteiger partial charge in [0.1, 0.15) is 6.04 Å². The molecule has 0 saturated carbocycles. The lowest BCUT2D eigenvalue weighted by Crippen LogP contribution is -2.45. The van der Waals surface area contributed by atoms with Crippen molar-refractivity contribution in [1.29, 1.82) is 0 Å². The topological polar surface area (TPSA) is 73.2 Å². The SMILES string of the molecule is COC(=O)[C@@H](NC(=O)c1cnn(C)c1C)C(C)C. The molecule has 0 unspecified atom stereocenters. The Hall–Kier alpha value is -1.85. The van der Waals surface area contributed by atoms with Gasteiger partial charge in [-0.15, -0.1) is 0 Å². The van der Waals surface area contributed by atoms with Crippen molar-refractivity contribution < 1.29 is 14.3 Å². The highest BCUT2D eigenvalue weighted by Crippen LogP contribution is 2.09. The molecule has 1 amide bonds. The third-order valence-corrected chi connectivity index (χ3v) is 2.89. The maximum Gasteiger partial charge on any atom is 0.328 e. The quantitative estimate of drug-likeness (QED) is 0.800. The Bertz CT molecular complexity index is 451. The maximum absolute atomic E-state index is 12.0. The molecule has 100 valence electrons. The Kier molecular flexibility index (Phi) is 4.47. The number of rotatable bonds is 4. The molecule has 0 radical (unpaired) electrons. The first-order chi connectivity index (χ1) is 8.38. The monoisotopic (exact) mass is 253 g/mol. The van der Waals surface area contributed by atoms with E-state index in [1.807, 2.05) is 13.8 Å². The minimum absolute atomic E-state index is 0.0432. The molecule has 1 aromatic heterocycles. The molecule has 0 aliphatic rings. The summed E-state index contributed by atoms with van der Waals surface area (Å²) in [6.45, 7) is 5.49. The zero-order valence-electron chi connectivity index (χ0n) is 11.4. The lowest BCUT2D eigenvalue weighted by Gasteiger charge is -2.19. The average molecular weight is 253 g/mol. The van der Waals surface area contributed by atoms with Crippen LogP contribution in [0.1, 0.15) is 29.9 Å².